The summed E-state index contributed by atoms with van der Waals surface area (Å²) in [5.41, 5.74) is 0. The lowest BCUT2D eigenvalue weighted by atomic mass is 10.2. The maximum Gasteiger partial charge on any atom is 0.232 e. The minimum atomic E-state index is 0.112. The van der Waals surface area contributed by atoms with Gasteiger partial charge in [0.05, 0.1) is 0 Å². The molecular weight excluding hydrogens is 124 g/mol. The van der Waals surface area contributed by atoms with Crippen molar-refractivity contribution in [3.63, 3.8) is 0 Å². The van der Waals surface area contributed by atoms with E-state index in [-0.39, 0.29) is 5.91 Å². The van der Waals surface area contributed by atoms with Gasteiger partial charge in [0.2, 0.25) is 5.91 Å². The molecule has 1 aliphatic heterocycles. The zero-order valence-electron chi connectivity index (χ0n) is 4.60. The Kier molecular flexibility index (Phi) is 1.75. The van der Waals surface area contributed by atoms with Crippen LogP contribution >= 0.6 is 12.1 Å². The summed E-state index contributed by atoms with van der Waals surface area (Å²) in [6.07, 6.45) is 0.590. The third-order valence-electron chi connectivity index (χ3n) is 0.917. The normalized spacial score (nSPS) is 29.6. The Morgan fingerprint density at radius 2 is 2.62 bits per heavy atom. The summed E-state index contributed by atoms with van der Waals surface area (Å²) in [5, 5.41) is 0. The molecule has 0 aromatic rings. The topological polar surface area (TPSA) is 41.1 Å². The van der Waals surface area contributed by atoms with Crippen molar-refractivity contribution >= 4 is 18.0 Å². The highest BCUT2D eigenvalue weighted by Crippen LogP contribution is 2.02. The molecule has 0 aromatic carbocycles. The zero-order chi connectivity index (χ0) is 5.98. The highest BCUT2D eigenvalue weighted by Gasteiger charge is 2.13. The molecule has 0 aromatic heterocycles. The molecule has 0 saturated carbocycles. The van der Waals surface area contributed by atoms with E-state index in [0.29, 0.717) is 12.5 Å². The number of carbonyl (C=O) groups excluding carboxylic acids is 1. The molecule has 1 unspecified atom stereocenters. The van der Waals surface area contributed by atoms with Gasteiger partial charge in [0.25, 0.3) is 0 Å². The first-order chi connectivity index (χ1) is 3.79. The maximum atomic E-state index is 10.5. The van der Waals surface area contributed by atoms with Gasteiger partial charge in [-0.3, -0.25) is 9.52 Å². The van der Waals surface area contributed by atoms with E-state index in [1.807, 2.05) is 6.92 Å². The lowest BCUT2D eigenvalue weighted by molar-refractivity contribution is -0.119. The van der Waals surface area contributed by atoms with Gasteiger partial charge in [-0.25, -0.2) is 4.72 Å². The lowest BCUT2D eigenvalue weighted by Crippen LogP contribution is -2.36. The highest BCUT2D eigenvalue weighted by molar-refractivity contribution is 7.96. The smallest absolute Gasteiger partial charge is 0.232 e. The summed E-state index contributed by atoms with van der Waals surface area (Å²) in [4.78, 5) is 10.5. The van der Waals surface area contributed by atoms with Crippen molar-refractivity contribution in [2.24, 2.45) is 0 Å². The zero-order valence-corrected chi connectivity index (χ0v) is 5.42. The average Bonchev–Trinajstić information content (AvgIpc) is 1.64. The number of hydrogen-bond donors (Lipinski definition) is 2. The molecule has 0 aliphatic carbocycles. The number of nitrogens with one attached hydrogen (secondary N) is 2. The molecule has 1 fully saturated rings. The van der Waals surface area contributed by atoms with E-state index in [1.165, 1.54) is 12.1 Å². The highest BCUT2D eigenvalue weighted by atomic mass is 32.2. The van der Waals surface area contributed by atoms with Crippen molar-refractivity contribution in [1.82, 2.24) is 9.44 Å². The minimum Gasteiger partial charge on any atom is -0.287 e. The number of hydrogen-bond acceptors (Lipinski definition) is 3. The van der Waals surface area contributed by atoms with E-state index in [0.717, 1.165) is 0 Å². The van der Waals surface area contributed by atoms with Gasteiger partial charge < -0.3 is 0 Å². The van der Waals surface area contributed by atoms with Gasteiger partial charge in [0, 0.05) is 24.6 Å². The molecule has 0 spiro atoms. The van der Waals surface area contributed by atoms with Gasteiger partial charge in [-0.2, -0.15) is 0 Å². The molecule has 1 atom stereocenters. The Hall–Kier alpha value is -0.220. The maximum absolute atomic E-state index is 10.5. The van der Waals surface area contributed by atoms with Crippen molar-refractivity contribution in [2.75, 3.05) is 0 Å². The first-order valence-corrected chi connectivity index (χ1v) is 3.31. The van der Waals surface area contributed by atoms with E-state index in [1.54, 1.807) is 0 Å². The third-order valence-corrected chi connectivity index (χ3v) is 1.77. The van der Waals surface area contributed by atoms with Crippen LogP contribution in [0.1, 0.15) is 13.3 Å². The molecule has 1 amide bonds. The second-order valence-electron chi connectivity index (χ2n) is 1.85. The Morgan fingerprint density at radius 3 is 3.00 bits per heavy atom. The van der Waals surface area contributed by atoms with Crippen molar-refractivity contribution in [3.8, 4) is 0 Å². The molecule has 1 heterocycles. The van der Waals surface area contributed by atoms with Crippen LogP contribution in [0.2, 0.25) is 0 Å². The first kappa shape index (κ1) is 5.91. The quantitative estimate of drug-likeness (QED) is 0.457. The molecule has 4 heteroatoms. The SMILES string of the molecule is CC1CC(=O)NSN1. The van der Waals surface area contributed by atoms with Crippen LogP contribution in [0.3, 0.4) is 0 Å². The predicted octanol–water partition coefficient (Wildman–Crippen LogP) is 0.0476. The molecule has 1 saturated heterocycles. The molecule has 2 N–H and O–H groups in total. The summed E-state index contributed by atoms with van der Waals surface area (Å²) in [5.74, 6) is 0.112. The van der Waals surface area contributed by atoms with Crippen LogP contribution in [0.15, 0.2) is 0 Å². The molecule has 0 radical (unpaired) electrons. The van der Waals surface area contributed by atoms with Gasteiger partial charge in [-0.1, -0.05) is 0 Å². The number of amides is 1. The second-order valence-corrected chi connectivity index (χ2v) is 2.49. The van der Waals surface area contributed by atoms with Gasteiger partial charge in [0.1, 0.15) is 0 Å². The van der Waals surface area contributed by atoms with E-state index in [9.17, 15) is 4.79 Å². The lowest BCUT2D eigenvalue weighted by Gasteiger charge is -2.17. The van der Waals surface area contributed by atoms with Gasteiger partial charge in [-0.15, -0.1) is 0 Å². The van der Waals surface area contributed by atoms with Crippen molar-refractivity contribution in [1.29, 1.82) is 0 Å². The fraction of sp³-hybridized carbons (Fsp3) is 0.750. The fourth-order valence-electron chi connectivity index (χ4n) is 0.548. The van der Waals surface area contributed by atoms with E-state index < -0.39 is 0 Å². The van der Waals surface area contributed by atoms with Crippen molar-refractivity contribution in [2.45, 2.75) is 19.4 Å². The van der Waals surface area contributed by atoms with Crippen molar-refractivity contribution in [3.05, 3.63) is 0 Å². The molecule has 8 heavy (non-hydrogen) atoms. The van der Waals surface area contributed by atoms with Crippen LogP contribution in [-0.4, -0.2) is 11.9 Å². The average molecular weight is 132 g/mol. The molecular formula is C4H8N2OS. The summed E-state index contributed by atoms with van der Waals surface area (Å²) in [6.45, 7) is 1.98. The minimum absolute atomic E-state index is 0.112. The van der Waals surface area contributed by atoms with Crippen LogP contribution in [0, 0.1) is 0 Å². The Labute approximate surface area is 52.5 Å². The van der Waals surface area contributed by atoms with Gasteiger partial charge in [0.15, 0.2) is 0 Å². The Bertz CT molecular complexity index is 106. The Balaban J connectivity index is 2.34. The molecule has 3 nitrogen and oxygen atoms in total. The van der Waals surface area contributed by atoms with E-state index in [4.69, 9.17) is 0 Å². The number of rotatable bonds is 0. The van der Waals surface area contributed by atoms with Crippen LogP contribution in [0.25, 0.3) is 0 Å². The van der Waals surface area contributed by atoms with E-state index >= 15 is 0 Å². The van der Waals surface area contributed by atoms with Crippen LogP contribution < -0.4 is 9.44 Å². The van der Waals surface area contributed by atoms with Crippen LogP contribution in [0.4, 0.5) is 0 Å². The fourth-order valence-corrected chi connectivity index (χ4v) is 1.09. The summed E-state index contributed by atoms with van der Waals surface area (Å²) in [7, 11) is 0. The summed E-state index contributed by atoms with van der Waals surface area (Å²) < 4.78 is 5.58. The standard InChI is InChI=1S/C4H8N2OS/c1-3-2-4(7)6-8-5-3/h3,5H,2H2,1H3,(H,6,7). The molecule has 0 bridgehead atoms. The predicted molar refractivity (Wildman–Crippen MR) is 32.9 cm³/mol. The number of carbonyl (C=O) groups is 1. The summed E-state index contributed by atoms with van der Waals surface area (Å²) >= 11 is 1.26. The molecule has 1 aliphatic rings. The van der Waals surface area contributed by atoms with Gasteiger partial charge >= 0.3 is 0 Å². The van der Waals surface area contributed by atoms with Crippen molar-refractivity contribution < 1.29 is 4.79 Å². The Morgan fingerprint density at radius 1 is 1.88 bits per heavy atom. The molecule has 46 valence electrons. The summed E-state index contributed by atoms with van der Waals surface area (Å²) in [6, 6.07) is 0.314. The first-order valence-electron chi connectivity index (χ1n) is 2.49. The third kappa shape index (κ3) is 1.38. The van der Waals surface area contributed by atoms with Gasteiger partial charge in [-0.05, 0) is 6.92 Å². The van der Waals surface area contributed by atoms with Crippen LogP contribution in [-0.2, 0) is 4.79 Å². The molecule has 1 rings (SSSR count). The van der Waals surface area contributed by atoms with Crippen LogP contribution in [0.5, 0.6) is 0 Å². The van der Waals surface area contributed by atoms with E-state index in [2.05, 4.69) is 9.44 Å². The monoisotopic (exact) mass is 132 g/mol. The second kappa shape index (κ2) is 2.37. The largest absolute Gasteiger partial charge is 0.287 e.